The van der Waals surface area contributed by atoms with Gasteiger partial charge in [-0.25, -0.2) is 0 Å². The van der Waals surface area contributed by atoms with Crippen molar-refractivity contribution in [3.05, 3.63) is 0 Å². The molecule has 1 rings (SSSR count). The molecule has 0 bridgehead atoms. The summed E-state index contributed by atoms with van der Waals surface area (Å²) < 4.78 is 0. The maximum Gasteiger partial charge on any atom is 0.142 e. The Balaban J connectivity index is 2.32. The second kappa shape index (κ2) is 2.98. The molecule has 0 radical (unpaired) electrons. The molecule has 1 saturated heterocycles. The summed E-state index contributed by atoms with van der Waals surface area (Å²) in [6.45, 7) is 2.16. The molecular weight excluding hydrogens is 131 g/mol. The zero-order valence-electron chi connectivity index (χ0n) is 6.14. The monoisotopic (exact) mass is 147 g/mol. The molecule has 0 aromatic carbocycles. The molecule has 54 valence electrons. The van der Waals surface area contributed by atoms with E-state index in [2.05, 4.69) is 6.92 Å². The highest BCUT2D eigenvalue weighted by atomic mass is 31.2. The Morgan fingerprint density at radius 3 is 2.33 bits per heavy atom. The Labute approximate surface area is 57.9 Å². The summed E-state index contributed by atoms with van der Waals surface area (Å²) in [5.41, 5.74) is 0. The van der Waals surface area contributed by atoms with E-state index in [1.807, 2.05) is 0 Å². The molecular formula is C7H16OP+. The van der Waals surface area contributed by atoms with Crippen LogP contribution in [0, 0.1) is 0 Å². The molecule has 0 amide bonds. The van der Waals surface area contributed by atoms with Gasteiger partial charge in [-0.05, 0) is 19.3 Å². The minimum atomic E-state index is -1.32. The van der Waals surface area contributed by atoms with Crippen LogP contribution in [0.15, 0.2) is 0 Å². The number of hydrogen-bond donors (Lipinski definition) is 1. The van der Waals surface area contributed by atoms with Crippen molar-refractivity contribution in [2.24, 2.45) is 0 Å². The molecule has 0 aliphatic carbocycles. The molecule has 1 N–H and O–H groups in total. The molecule has 1 nitrogen and oxygen atoms in total. The van der Waals surface area contributed by atoms with Crippen LogP contribution in [0.2, 0.25) is 0 Å². The maximum atomic E-state index is 9.80. The van der Waals surface area contributed by atoms with E-state index in [4.69, 9.17) is 0 Å². The molecule has 9 heavy (non-hydrogen) atoms. The molecule has 1 aliphatic heterocycles. The Morgan fingerprint density at radius 1 is 1.33 bits per heavy atom. The summed E-state index contributed by atoms with van der Waals surface area (Å²) in [6.07, 6.45) is 7.16. The van der Waals surface area contributed by atoms with Gasteiger partial charge < -0.3 is 0 Å². The predicted molar refractivity (Wildman–Crippen MR) is 43.3 cm³/mol. The minimum absolute atomic E-state index is 1.12. The van der Waals surface area contributed by atoms with Gasteiger partial charge in [0.2, 0.25) is 0 Å². The minimum Gasteiger partial charge on any atom is -0.252 e. The van der Waals surface area contributed by atoms with Gasteiger partial charge in [0.25, 0.3) is 0 Å². The number of hydrogen-bond acceptors (Lipinski definition) is 1. The fourth-order valence-electron chi connectivity index (χ4n) is 1.56. The van der Waals surface area contributed by atoms with Crippen LogP contribution in [-0.4, -0.2) is 23.4 Å². The van der Waals surface area contributed by atoms with Crippen LogP contribution < -0.4 is 0 Å². The molecule has 0 saturated carbocycles. The Kier molecular flexibility index (Phi) is 2.49. The molecule has 0 spiro atoms. The lowest BCUT2D eigenvalue weighted by molar-refractivity contribution is 0.603. The highest BCUT2D eigenvalue weighted by Crippen LogP contribution is 2.60. The summed E-state index contributed by atoms with van der Waals surface area (Å²) in [4.78, 5) is 9.80. The second-order valence-corrected chi connectivity index (χ2v) is 6.50. The third-order valence-electron chi connectivity index (χ3n) is 2.04. The lowest BCUT2D eigenvalue weighted by Crippen LogP contribution is -1.97. The van der Waals surface area contributed by atoms with Gasteiger partial charge >= 0.3 is 0 Å². The standard InChI is InChI=1S/C7H16OP/c1-2-5-9(8)6-3-4-7-9/h8H,2-7H2,1H3/q+1. The van der Waals surface area contributed by atoms with Crippen molar-refractivity contribution in [3.8, 4) is 0 Å². The van der Waals surface area contributed by atoms with Crippen molar-refractivity contribution >= 4 is 7.49 Å². The van der Waals surface area contributed by atoms with Crippen molar-refractivity contribution < 1.29 is 4.89 Å². The van der Waals surface area contributed by atoms with Crippen LogP contribution in [-0.2, 0) is 0 Å². The van der Waals surface area contributed by atoms with Gasteiger partial charge in [0.1, 0.15) is 7.49 Å². The first-order valence-corrected chi connectivity index (χ1v) is 6.15. The van der Waals surface area contributed by atoms with E-state index in [0.29, 0.717) is 0 Å². The Hall–Kier alpha value is 0.390. The van der Waals surface area contributed by atoms with Crippen LogP contribution >= 0.6 is 7.49 Å². The lowest BCUT2D eigenvalue weighted by atomic mass is 10.4. The van der Waals surface area contributed by atoms with E-state index in [1.54, 1.807) is 0 Å². The molecule has 0 unspecified atom stereocenters. The predicted octanol–water partition coefficient (Wildman–Crippen LogP) is 2.12. The molecule has 0 aromatic heterocycles. The molecule has 2 heteroatoms. The second-order valence-electron chi connectivity index (χ2n) is 2.97. The fourth-order valence-corrected chi connectivity index (χ4v) is 4.69. The van der Waals surface area contributed by atoms with Gasteiger partial charge in [-0.3, -0.25) is 4.89 Å². The number of rotatable bonds is 2. The summed E-state index contributed by atoms with van der Waals surface area (Å²) in [5, 5.41) is 0. The normalized spacial score (nSPS) is 24.7. The van der Waals surface area contributed by atoms with Gasteiger partial charge in [-0.2, -0.15) is 0 Å². The SMILES string of the molecule is CCC[P+]1(O)CCCC1. The molecule has 1 fully saturated rings. The first kappa shape index (κ1) is 7.50. The largest absolute Gasteiger partial charge is 0.252 e. The highest BCUT2D eigenvalue weighted by Gasteiger charge is 2.37. The van der Waals surface area contributed by atoms with E-state index in [9.17, 15) is 4.89 Å². The van der Waals surface area contributed by atoms with E-state index < -0.39 is 7.49 Å². The average Bonchev–Trinajstić information content (AvgIpc) is 2.16. The topological polar surface area (TPSA) is 20.2 Å². The van der Waals surface area contributed by atoms with E-state index in [-0.39, 0.29) is 0 Å². The van der Waals surface area contributed by atoms with Gasteiger partial charge in [-0.1, -0.05) is 6.92 Å². The Bertz CT molecular complexity index is 86.9. The summed E-state index contributed by atoms with van der Waals surface area (Å²) in [6, 6.07) is 0. The van der Waals surface area contributed by atoms with Crippen LogP contribution in [0.25, 0.3) is 0 Å². The third kappa shape index (κ3) is 1.91. The van der Waals surface area contributed by atoms with E-state index in [0.717, 1.165) is 18.5 Å². The van der Waals surface area contributed by atoms with Crippen molar-refractivity contribution in [1.82, 2.24) is 0 Å². The van der Waals surface area contributed by atoms with Crippen LogP contribution in [0.5, 0.6) is 0 Å². The lowest BCUT2D eigenvalue weighted by Gasteiger charge is -2.11. The fraction of sp³-hybridized carbons (Fsp3) is 1.00. The first-order chi connectivity index (χ1) is 4.27. The quantitative estimate of drug-likeness (QED) is 0.593. The van der Waals surface area contributed by atoms with E-state index >= 15 is 0 Å². The Morgan fingerprint density at radius 2 is 1.89 bits per heavy atom. The van der Waals surface area contributed by atoms with Crippen molar-refractivity contribution in [2.75, 3.05) is 18.5 Å². The summed E-state index contributed by atoms with van der Waals surface area (Å²) in [5.74, 6) is 0. The van der Waals surface area contributed by atoms with Gasteiger partial charge in [-0.15, -0.1) is 0 Å². The molecule has 0 atom stereocenters. The highest BCUT2D eigenvalue weighted by molar-refractivity contribution is 7.70. The van der Waals surface area contributed by atoms with Crippen molar-refractivity contribution in [2.45, 2.75) is 26.2 Å². The smallest absolute Gasteiger partial charge is 0.142 e. The van der Waals surface area contributed by atoms with Crippen LogP contribution in [0.4, 0.5) is 0 Å². The third-order valence-corrected chi connectivity index (χ3v) is 5.62. The maximum absolute atomic E-state index is 9.80. The van der Waals surface area contributed by atoms with Crippen LogP contribution in [0.1, 0.15) is 26.2 Å². The molecule has 0 aromatic rings. The average molecular weight is 147 g/mol. The van der Waals surface area contributed by atoms with Crippen LogP contribution in [0.3, 0.4) is 0 Å². The molecule has 1 heterocycles. The van der Waals surface area contributed by atoms with Gasteiger partial charge in [0, 0.05) is 0 Å². The summed E-state index contributed by atoms with van der Waals surface area (Å²) >= 11 is 0. The van der Waals surface area contributed by atoms with Crippen molar-refractivity contribution in [1.29, 1.82) is 0 Å². The van der Waals surface area contributed by atoms with Crippen molar-refractivity contribution in [3.63, 3.8) is 0 Å². The van der Waals surface area contributed by atoms with E-state index in [1.165, 1.54) is 19.3 Å². The summed E-state index contributed by atoms with van der Waals surface area (Å²) in [7, 11) is -1.32. The molecule has 1 aliphatic rings. The zero-order valence-corrected chi connectivity index (χ0v) is 7.03. The van der Waals surface area contributed by atoms with Gasteiger partial charge in [0.15, 0.2) is 0 Å². The first-order valence-electron chi connectivity index (χ1n) is 3.86. The van der Waals surface area contributed by atoms with Gasteiger partial charge in [0.05, 0.1) is 18.5 Å². The zero-order chi connectivity index (χ0) is 6.74.